The van der Waals surface area contributed by atoms with Crippen molar-refractivity contribution in [3.8, 4) is 0 Å². The molecule has 112 valence electrons. The molecular formula is C17H19F2NS. The van der Waals surface area contributed by atoms with E-state index in [0.717, 1.165) is 28.2 Å². The van der Waals surface area contributed by atoms with Gasteiger partial charge >= 0.3 is 0 Å². The Morgan fingerprint density at radius 1 is 1.10 bits per heavy atom. The van der Waals surface area contributed by atoms with Gasteiger partial charge in [0.25, 0.3) is 0 Å². The molecule has 4 heteroatoms. The van der Waals surface area contributed by atoms with Crippen molar-refractivity contribution < 1.29 is 8.78 Å². The molecule has 2 aromatic carbocycles. The average Bonchev–Trinajstić information content (AvgIpc) is 2.45. The Kier molecular flexibility index (Phi) is 5.76. The van der Waals surface area contributed by atoms with Crippen LogP contribution in [0.25, 0.3) is 0 Å². The second kappa shape index (κ2) is 7.57. The summed E-state index contributed by atoms with van der Waals surface area (Å²) in [5.74, 6) is 0.415. The third-order valence-electron chi connectivity index (χ3n) is 3.43. The smallest absolute Gasteiger partial charge is 0.124 e. The van der Waals surface area contributed by atoms with Gasteiger partial charge in [0.05, 0.1) is 0 Å². The van der Waals surface area contributed by atoms with Gasteiger partial charge in [-0.1, -0.05) is 12.1 Å². The molecule has 0 bridgehead atoms. The number of rotatable bonds is 6. The molecule has 1 atom stereocenters. The van der Waals surface area contributed by atoms with Crippen molar-refractivity contribution in [1.82, 2.24) is 5.32 Å². The van der Waals surface area contributed by atoms with Crippen LogP contribution in [0.1, 0.15) is 11.1 Å². The standard InChI is InChI=1S/C17H19F2NS/c1-12-8-15(19)7-6-13(12)9-16(20-2)11-21-17-5-3-4-14(18)10-17/h3-8,10,16,20H,9,11H2,1-2H3. The van der Waals surface area contributed by atoms with Gasteiger partial charge < -0.3 is 5.32 Å². The molecule has 0 spiro atoms. The molecule has 1 unspecified atom stereocenters. The van der Waals surface area contributed by atoms with E-state index in [4.69, 9.17) is 0 Å². The van der Waals surface area contributed by atoms with Gasteiger partial charge in [0.2, 0.25) is 0 Å². The van der Waals surface area contributed by atoms with Crippen LogP contribution in [0.5, 0.6) is 0 Å². The van der Waals surface area contributed by atoms with Crippen molar-refractivity contribution in [2.45, 2.75) is 24.3 Å². The molecule has 2 rings (SSSR count). The first kappa shape index (κ1) is 16.0. The Balaban J connectivity index is 1.97. The fraction of sp³-hybridized carbons (Fsp3) is 0.294. The van der Waals surface area contributed by atoms with Crippen LogP contribution in [0, 0.1) is 18.6 Å². The van der Waals surface area contributed by atoms with Crippen LogP contribution >= 0.6 is 11.8 Å². The SMILES string of the molecule is CNC(CSc1cccc(F)c1)Cc1ccc(F)cc1C. The maximum absolute atomic E-state index is 13.1. The molecule has 0 saturated carbocycles. The summed E-state index contributed by atoms with van der Waals surface area (Å²) in [4.78, 5) is 0.922. The quantitative estimate of drug-likeness (QED) is 0.803. The van der Waals surface area contributed by atoms with Crippen LogP contribution in [0.2, 0.25) is 0 Å². The molecule has 0 aromatic heterocycles. The highest BCUT2D eigenvalue weighted by Gasteiger charge is 2.10. The van der Waals surface area contributed by atoms with Crippen molar-refractivity contribution in [3.63, 3.8) is 0 Å². The topological polar surface area (TPSA) is 12.0 Å². The van der Waals surface area contributed by atoms with Gasteiger partial charge in [-0.05, 0) is 61.9 Å². The highest BCUT2D eigenvalue weighted by atomic mass is 32.2. The van der Waals surface area contributed by atoms with E-state index in [0.29, 0.717) is 0 Å². The van der Waals surface area contributed by atoms with Crippen LogP contribution in [-0.4, -0.2) is 18.8 Å². The minimum Gasteiger partial charge on any atom is -0.316 e. The van der Waals surface area contributed by atoms with Crippen molar-refractivity contribution in [2.75, 3.05) is 12.8 Å². The zero-order valence-corrected chi connectivity index (χ0v) is 13.0. The summed E-state index contributed by atoms with van der Waals surface area (Å²) in [6, 6.07) is 11.8. The highest BCUT2D eigenvalue weighted by molar-refractivity contribution is 7.99. The first-order valence-corrected chi connectivity index (χ1v) is 7.87. The maximum Gasteiger partial charge on any atom is 0.124 e. The van der Waals surface area contributed by atoms with Crippen LogP contribution in [0.15, 0.2) is 47.4 Å². The van der Waals surface area contributed by atoms with Crippen LogP contribution < -0.4 is 5.32 Å². The lowest BCUT2D eigenvalue weighted by Gasteiger charge is -2.17. The average molecular weight is 307 g/mol. The highest BCUT2D eigenvalue weighted by Crippen LogP contribution is 2.21. The summed E-state index contributed by atoms with van der Waals surface area (Å²) in [5.41, 5.74) is 2.10. The number of nitrogens with one attached hydrogen (secondary N) is 1. The third kappa shape index (κ3) is 4.83. The van der Waals surface area contributed by atoms with Gasteiger partial charge in [-0.15, -0.1) is 11.8 Å². The van der Waals surface area contributed by atoms with Gasteiger partial charge in [-0.3, -0.25) is 0 Å². The molecule has 2 aromatic rings. The fourth-order valence-electron chi connectivity index (χ4n) is 2.15. The second-order valence-corrected chi connectivity index (χ2v) is 6.12. The maximum atomic E-state index is 13.1. The lowest BCUT2D eigenvalue weighted by Crippen LogP contribution is -2.30. The summed E-state index contributed by atoms with van der Waals surface area (Å²) in [6.45, 7) is 1.92. The van der Waals surface area contributed by atoms with Gasteiger partial charge in [-0.25, -0.2) is 8.78 Å². The zero-order valence-electron chi connectivity index (χ0n) is 12.2. The molecule has 0 aliphatic rings. The normalized spacial score (nSPS) is 12.4. The molecule has 0 fully saturated rings. The van der Waals surface area contributed by atoms with E-state index in [1.54, 1.807) is 30.0 Å². The predicted molar refractivity (Wildman–Crippen MR) is 84.8 cm³/mol. The summed E-state index contributed by atoms with van der Waals surface area (Å²) in [5, 5.41) is 3.27. The number of likely N-dealkylation sites (N-methyl/N-ethyl adjacent to an activating group) is 1. The van der Waals surface area contributed by atoms with E-state index in [1.165, 1.54) is 12.1 Å². The van der Waals surface area contributed by atoms with Crippen molar-refractivity contribution in [1.29, 1.82) is 0 Å². The summed E-state index contributed by atoms with van der Waals surface area (Å²) < 4.78 is 26.3. The van der Waals surface area contributed by atoms with E-state index in [-0.39, 0.29) is 17.7 Å². The summed E-state index contributed by atoms with van der Waals surface area (Å²) >= 11 is 1.62. The Bertz CT molecular complexity index is 601. The number of benzene rings is 2. The van der Waals surface area contributed by atoms with Crippen molar-refractivity contribution >= 4 is 11.8 Å². The molecule has 0 saturated heterocycles. The Morgan fingerprint density at radius 3 is 2.52 bits per heavy atom. The lowest BCUT2D eigenvalue weighted by atomic mass is 10.0. The Morgan fingerprint density at radius 2 is 1.86 bits per heavy atom. The molecule has 1 nitrogen and oxygen atoms in total. The predicted octanol–water partition coefficient (Wildman–Crippen LogP) is 4.20. The number of hydrogen-bond donors (Lipinski definition) is 1. The largest absolute Gasteiger partial charge is 0.316 e. The van der Waals surface area contributed by atoms with E-state index in [2.05, 4.69) is 5.32 Å². The van der Waals surface area contributed by atoms with Crippen molar-refractivity contribution in [3.05, 3.63) is 65.2 Å². The van der Waals surface area contributed by atoms with Gasteiger partial charge in [0.15, 0.2) is 0 Å². The monoisotopic (exact) mass is 307 g/mol. The summed E-state index contributed by atoms with van der Waals surface area (Å²) in [6.07, 6.45) is 0.824. The number of aryl methyl sites for hydroxylation is 1. The molecule has 1 N–H and O–H groups in total. The van der Waals surface area contributed by atoms with E-state index >= 15 is 0 Å². The first-order valence-electron chi connectivity index (χ1n) is 6.89. The molecular weight excluding hydrogens is 288 g/mol. The molecule has 21 heavy (non-hydrogen) atoms. The third-order valence-corrected chi connectivity index (χ3v) is 4.58. The van der Waals surface area contributed by atoms with Gasteiger partial charge in [0.1, 0.15) is 11.6 Å². The number of halogens is 2. The summed E-state index contributed by atoms with van der Waals surface area (Å²) in [7, 11) is 1.91. The second-order valence-electron chi connectivity index (χ2n) is 5.03. The lowest BCUT2D eigenvalue weighted by molar-refractivity contribution is 0.606. The van der Waals surface area contributed by atoms with E-state index in [9.17, 15) is 8.78 Å². The van der Waals surface area contributed by atoms with E-state index in [1.807, 2.05) is 26.1 Å². The number of hydrogen-bond acceptors (Lipinski definition) is 2. The zero-order chi connectivity index (χ0) is 15.2. The fourth-order valence-corrected chi connectivity index (χ4v) is 3.20. The molecule has 0 aliphatic carbocycles. The van der Waals surface area contributed by atoms with Gasteiger partial charge in [0, 0.05) is 16.7 Å². The van der Waals surface area contributed by atoms with Crippen LogP contribution in [-0.2, 0) is 6.42 Å². The Labute approximate surface area is 128 Å². The van der Waals surface area contributed by atoms with Crippen LogP contribution in [0.3, 0.4) is 0 Å². The first-order chi connectivity index (χ1) is 10.1. The number of thioether (sulfide) groups is 1. The molecule has 0 heterocycles. The van der Waals surface area contributed by atoms with Crippen LogP contribution in [0.4, 0.5) is 8.78 Å². The minimum absolute atomic E-state index is 0.202. The molecule has 0 amide bonds. The van der Waals surface area contributed by atoms with Crippen molar-refractivity contribution in [2.24, 2.45) is 0 Å². The van der Waals surface area contributed by atoms with E-state index < -0.39 is 0 Å². The Hall–Kier alpha value is -1.39. The molecule has 0 aliphatic heterocycles. The van der Waals surface area contributed by atoms with Gasteiger partial charge in [-0.2, -0.15) is 0 Å². The molecule has 0 radical (unpaired) electrons. The minimum atomic E-state index is -0.213.